The molecule has 1 heterocycles. The van der Waals surface area contributed by atoms with Crippen molar-refractivity contribution in [3.8, 4) is 5.69 Å². The summed E-state index contributed by atoms with van der Waals surface area (Å²) in [6, 6.07) is 18.9. The number of aromatic nitrogens is 2. The van der Waals surface area contributed by atoms with Crippen molar-refractivity contribution in [1.82, 2.24) is 15.1 Å². The molecule has 0 saturated carbocycles. The van der Waals surface area contributed by atoms with E-state index in [-0.39, 0.29) is 18.6 Å². The van der Waals surface area contributed by atoms with Crippen molar-refractivity contribution >= 4 is 5.91 Å². The summed E-state index contributed by atoms with van der Waals surface area (Å²) in [5, 5.41) is 16.5. The number of aliphatic hydroxyl groups is 1. The third kappa shape index (κ3) is 4.14. The van der Waals surface area contributed by atoms with Gasteiger partial charge in [0.15, 0.2) is 0 Å². The molecule has 1 atom stereocenters. The van der Waals surface area contributed by atoms with Gasteiger partial charge in [0, 0.05) is 19.0 Å². The van der Waals surface area contributed by atoms with E-state index in [2.05, 4.69) is 10.4 Å². The fourth-order valence-electron chi connectivity index (χ4n) is 2.82. The van der Waals surface area contributed by atoms with E-state index in [1.54, 1.807) is 16.9 Å². The van der Waals surface area contributed by atoms with Gasteiger partial charge in [-0.1, -0.05) is 42.5 Å². The van der Waals surface area contributed by atoms with E-state index in [4.69, 9.17) is 5.11 Å². The number of aliphatic hydroxyl groups excluding tert-OH is 1. The summed E-state index contributed by atoms with van der Waals surface area (Å²) in [5.74, 6) is -0.155. The van der Waals surface area contributed by atoms with Crippen LogP contribution in [0.1, 0.15) is 34.8 Å². The molecule has 0 radical (unpaired) electrons. The van der Waals surface area contributed by atoms with E-state index < -0.39 is 0 Å². The molecule has 1 amide bonds. The number of hydrogen-bond donors (Lipinski definition) is 2. The molecule has 0 aliphatic rings. The topological polar surface area (TPSA) is 67.2 Å². The predicted molar refractivity (Wildman–Crippen MR) is 96.5 cm³/mol. The first-order valence-electron chi connectivity index (χ1n) is 8.35. The van der Waals surface area contributed by atoms with E-state index >= 15 is 0 Å². The van der Waals surface area contributed by atoms with Crippen LogP contribution in [0.5, 0.6) is 0 Å². The second-order valence-electron chi connectivity index (χ2n) is 5.77. The minimum atomic E-state index is -0.155. The summed E-state index contributed by atoms with van der Waals surface area (Å²) < 4.78 is 1.68. The summed E-state index contributed by atoms with van der Waals surface area (Å²) >= 11 is 0. The Morgan fingerprint density at radius 2 is 1.84 bits per heavy atom. The number of para-hydroxylation sites is 1. The number of carbonyl (C=O) groups is 1. The zero-order valence-corrected chi connectivity index (χ0v) is 13.9. The van der Waals surface area contributed by atoms with Crippen molar-refractivity contribution < 1.29 is 9.90 Å². The third-order valence-corrected chi connectivity index (χ3v) is 4.06. The molecule has 3 rings (SSSR count). The Bertz CT molecular complexity index is 801. The number of amides is 1. The predicted octanol–water partition coefficient (Wildman–Crippen LogP) is 3.12. The zero-order valence-electron chi connectivity index (χ0n) is 13.9. The number of benzene rings is 2. The maximum Gasteiger partial charge on any atom is 0.253 e. The van der Waals surface area contributed by atoms with E-state index in [0.717, 1.165) is 11.3 Å². The molecule has 5 heteroatoms. The summed E-state index contributed by atoms with van der Waals surface area (Å²) in [4.78, 5) is 12.9. The zero-order chi connectivity index (χ0) is 17.5. The number of rotatable bonds is 7. The van der Waals surface area contributed by atoms with Crippen molar-refractivity contribution in [1.29, 1.82) is 0 Å². The average molecular weight is 335 g/mol. The quantitative estimate of drug-likeness (QED) is 0.697. The summed E-state index contributed by atoms with van der Waals surface area (Å²) in [6.07, 6.45) is 4.80. The fourth-order valence-corrected chi connectivity index (χ4v) is 2.82. The lowest BCUT2D eigenvalue weighted by molar-refractivity contribution is 0.0932. The summed E-state index contributed by atoms with van der Waals surface area (Å²) in [6.45, 7) is 0.100. The van der Waals surface area contributed by atoms with Crippen LogP contribution in [-0.4, -0.2) is 27.4 Å². The van der Waals surface area contributed by atoms with Crippen LogP contribution in [0, 0.1) is 0 Å². The van der Waals surface area contributed by atoms with Crippen LogP contribution in [0.15, 0.2) is 73.1 Å². The lowest BCUT2D eigenvalue weighted by Gasteiger charge is -2.20. The highest BCUT2D eigenvalue weighted by atomic mass is 16.3. The monoisotopic (exact) mass is 335 g/mol. The number of hydrogen-bond acceptors (Lipinski definition) is 3. The second-order valence-corrected chi connectivity index (χ2v) is 5.77. The molecule has 2 aromatic carbocycles. The lowest BCUT2D eigenvalue weighted by atomic mass is 10.0. The molecular weight excluding hydrogens is 314 g/mol. The first-order chi connectivity index (χ1) is 12.3. The maximum atomic E-state index is 12.9. The van der Waals surface area contributed by atoms with Crippen LogP contribution in [0.4, 0.5) is 0 Å². The Balaban J connectivity index is 1.85. The van der Waals surface area contributed by atoms with Gasteiger partial charge in [0.25, 0.3) is 5.91 Å². The fraction of sp³-hybridized carbons (Fsp3) is 0.200. The highest BCUT2D eigenvalue weighted by molar-refractivity contribution is 5.98. The number of carbonyl (C=O) groups excluding carboxylic acids is 1. The van der Waals surface area contributed by atoms with Crippen molar-refractivity contribution in [2.24, 2.45) is 0 Å². The van der Waals surface area contributed by atoms with Gasteiger partial charge in [-0.05, 0) is 36.6 Å². The smallest absolute Gasteiger partial charge is 0.253 e. The Labute approximate surface area is 146 Å². The van der Waals surface area contributed by atoms with Gasteiger partial charge in [0.2, 0.25) is 0 Å². The van der Waals surface area contributed by atoms with Gasteiger partial charge in [0.1, 0.15) is 0 Å². The van der Waals surface area contributed by atoms with E-state index in [1.165, 1.54) is 0 Å². The van der Waals surface area contributed by atoms with Crippen molar-refractivity contribution in [3.63, 3.8) is 0 Å². The molecule has 5 nitrogen and oxygen atoms in total. The van der Waals surface area contributed by atoms with Crippen LogP contribution >= 0.6 is 0 Å². The first kappa shape index (κ1) is 16.9. The second kappa shape index (κ2) is 8.26. The molecule has 0 spiro atoms. The molecule has 0 fully saturated rings. The molecule has 1 unspecified atom stereocenters. The lowest BCUT2D eigenvalue weighted by Crippen LogP contribution is -2.29. The molecule has 25 heavy (non-hydrogen) atoms. The van der Waals surface area contributed by atoms with Gasteiger partial charge in [0.05, 0.1) is 17.3 Å². The minimum Gasteiger partial charge on any atom is -0.396 e. The van der Waals surface area contributed by atoms with Gasteiger partial charge < -0.3 is 10.4 Å². The molecule has 0 bridgehead atoms. The average Bonchev–Trinajstić information content (AvgIpc) is 3.20. The Kier molecular flexibility index (Phi) is 5.59. The molecular formula is C20H21N3O2. The van der Waals surface area contributed by atoms with Crippen LogP contribution in [0.2, 0.25) is 0 Å². The number of nitrogens with zero attached hydrogens (tertiary/aromatic N) is 2. The van der Waals surface area contributed by atoms with E-state index in [1.807, 2.05) is 60.8 Å². The molecule has 1 aromatic heterocycles. The molecule has 0 aliphatic heterocycles. The third-order valence-electron chi connectivity index (χ3n) is 4.06. The maximum absolute atomic E-state index is 12.9. The highest BCUT2D eigenvalue weighted by Gasteiger charge is 2.18. The first-order valence-corrected chi connectivity index (χ1v) is 8.35. The molecule has 0 aliphatic carbocycles. The van der Waals surface area contributed by atoms with Gasteiger partial charge in [-0.25, -0.2) is 4.68 Å². The molecule has 2 N–H and O–H groups in total. The largest absolute Gasteiger partial charge is 0.396 e. The normalized spacial score (nSPS) is 11.9. The van der Waals surface area contributed by atoms with Crippen LogP contribution in [0.25, 0.3) is 5.69 Å². The number of nitrogens with one attached hydrogen (secondary N) is 1. The molecule has 3 aromatic rings. The van der Waals surface area contributed by atoms with Crippen molar-refractivity contribution in [2.75, 3.05) is 6.61 Å². The Morgan fingerprint density at radius 1 is 1.08 bits per heavy atom. The van der Waals surface area contributed by atoms with Crippen LogP contribution in [-0.2, 0) is 0 Å². The Hall–Kier alpha value is -2.92. The van der Waals surface area contributed by atoms with Gasteiger partial charge in [-0.3, -0.25) is 4.79 Å². The molecule has 128 valence electrons. The minimum absolute atomic E-state index is 0.100. The van der Waals surface area contributed by atoms with Gasteiger partial charge in [-0.2, -0.15) is 5.10 Å². The summed E-state index contributed by atoms with van der Waals surface area (Å²) in [5.41, 5.74) is 2.33. The van der Waals surface area contributed by atoms with Crippen LogP contribution in [0.3, 0.4) is 0 Å². The summed E-state index contributed by atoms with van der Waals surface area (Å²) in [7, 11) is 0. The van der Waals surface area contributed by atoms with E-state index in [9.17, 15) is 4.79 Å². The SMILES string of the molecule is O=C(NC(CCCO)c1ccccc1)c1ccccc1-n1cccn1. The van der Waals surface area contributed by atoms with Crippen molar-refractivity contribution in [3.05, 3.63) is 84.2 Å². The molecule has 0 saturated heterocycles. The van der Waals surface area contributed by atoms with Gasteiger partial charge >= 0.3 is 0 Å². The van der Waals surface area contributed by atoms with Crippen molar-refractivity contribution in [2.45, 2.75) is 18.9 Å². The standard InChI is InChI=1S/C20H21N3O2/c24-15-6-11-18(16-8-2-1-3-9-16)22-20(25)17-10-4-5-12-19(17)23-14-7-13-21-23/h1-5,7-10,12-14,18,24H,6,11,15H2,(H,22,25). The van der Waals surface area contributed by atoms with E-state index in [0.29, 0.717) is 18.4 Å². The van der Waals surface area contributed by atoms with Gasteiger partial charge in [-0.15, -0.1) is 0 Å². The highest BCUT2D eigenvalue weighted by Crippen LogP contribution is 2.20. The van der Waals surface area contributed by atoms with Crippen LogP contribution < -0.4 is 5.32 Å². The Morgan fingerprint density at radius 3 is 2.56 bits per heavy atom.